The minimum Gasteiger partial charge on any atom is -0.482 e. The first-order chi connectivity index (χ1) is 11.3. The summed E-state index contributed by atoms with van der Waals surface area (Å²) in [6, 6.07) is 6.69. The Balaban J connectivity index is 1.89. The lowest BCUT2D eigenvalue weighted by Crippen LogP contribution is -2.29. The third-order valence-corrected chi connectivity index (χ3v) is 3.57. The van der Waals surface area contributed by atoms with Crippen molar-refractivity contribution in [3.05, 3.63) is 45.8 Å². The summed E-state index contributed by atoms with van der Waals surface area (Å²) in [4.78, 5) is 22.5. The SMILES string of the molecule is Cc1cc(N(C)C)nc(CNC(=O)COc2ccc(Cl)cc2Cl)n1. The van der Waals surface area contributed by atoms with Crippen molar-refractivity contribution >= 4 is 34.9 Å². The molecular weight excluding hydrogens is 351 g/mol. The van der Waals surface area contributed by atoms with E-state index in [1.165, 1.54) is 0 Å². The maximum Gasteiger partial charge on any atom is 0.258 e. The normalized spacial score (nSPS) is 10.4. The van der Waals surface area contributed by atoms with E-state index in [2.05, 4.69) is 15.3 Å². The molecule has 0 radical (unpaired) electrons. The Morgan fingerprint density at radius 3 is 2.67 bits per heavy atom. The molecule has 0 bridgehead atoms. The molecular formula is C16H18Cl2N4O2. The van der Waals surface area contributed by atoms with Gasteiger partial charge in [0.1, 0.15) is 17.4 Å². The lowest BCUT2D eigenvalue weighted by Gasteiger charge is -2.13. The van der Waals surface area contributed by atoms with E-state index in [1.54, 1.807) is 18.2 Å². The minimum absolute atomic E-state index is 0.159. The van der Waals surface area contributed by atoms with E-state index in [9.17, 15) is 4.79 Å². The number of nitrogens with zero attached hydrogens (tertiary/aromatic N) is 3. The van der Waals surface area contributed by atoms with Crippen LogP contribution in [0.15, 0.2) is 24.3 Å². The first-order valence-corrected chi connectivity index (χ1v) is 7.97. The maximum absolute atomic E-state index is 11.9. The van der Waals surface area contributed by atoms with Crippen LogP contribution < -0.4 is 15.0 Å². The van der Waals surface area contributed by atoms with Crippen molar-refractivity contribution in [2.24, 2.45) is 0 Å². The number of aryl methyl sites for hydroxylation is 1. The Morgan fingerprint density at radius 2 is 2.00 bits per heavy atom. The molecule has 0 fully saturated rings. The van der Waals surface area contributed by atoms with Gasteiger partial charge in [-0.2, -0.15) is 0 Å². The van der Waals surface area contributed by atoms with Crippen LogP contribution in [-0.2, 0) is 11.3 Å². The molecule has 1 aromatic heterocycles. The molecule has 128 valence electrons. The number of benzene rings is 1. The summed E-state index contributed by atoms with van der Waals surface area (Å²) in [7, 11) is 3.79. The van der Waals surface area contributed by atoms with Gasteiger partial charge in [0.15, 0.2) is 6.61 Å². The summed E-state index contributed by atoms with van der Waals surface area (Å²) in [6.07, 6.45) is 0. The number of nitrogens with one attached hydrogen (secondary N) is 1. The van der Waals surface area contributed by atoms with E-state index in [0.29, 0.717) is 21.6 Å². The molecule has 0 aliphatic heterocycles. The third kappa shape index (κ3) is 5.25. The Morgan fingerprint density at radius 1 is 1.25 bits per heavy atom. The molecule has 24 heavy (non-hydrogen) atoms. The van der Waals surface area contributed by atoms with Gasteiger partial charge < -0.3 is 15.0 Å². The molecule has 1 amide bonds. The highest BCUT2D eigenvalue weighted by molar-refractivity contribution is 6.35. The zero-order valence-electron chi connectivity index (χ0n) is 13.6. The van der Waals surface area contributed by atoms with E-state index in [0.717, 1.165) is 11.5 Å². The number of amides is 1. The minimum atomic E-state index is -0.294. The van der Waals surface area contributed by atoms with Gasteiger partial charge in [-0.25, -0.2) is 9.97 Å². The molecule has 0 atom stereocenters. The summed E-state index contributed by atoms with van der Waals surface area (Å²) in [6.45, 7) is 1.94. The van der Waals surface area contributed by atoms with Crippen LogP contribution >= 0.6 is 23.2 Å². The highest BCUT2D eigenvalue weighted by Crippen LogP contribution is 2.27. The maximum atomic E-state index is 11.9. The zero-order chi connectivity index (χ0) is 17.7. The second kappa shape index (κ2) is 8.17. The van der Waals surface area contributed by atoms with Crippen molar-refractivity contribution in [2.45, 2.75) is 13.5 Å². The highest BCUT2D eigenvalue weighted by atomic mass is 35.5. The number of hydrogen-bond donors (Lipinski definition) is 1. The fourth-order valence-corrected chi connectivity index (χ4v) is 2.35. The van der Waals surface area contributed by atoms with Crippen molar-refractivity contribution in [1.29, 1.82) is 0 Å². The first-order valence-electron chi connectivity index (χ1n) is 7.21. The third-order valence-electron chi connectivity index (χ3n) is 3.04. The van der Waals surface area contributed by atoms with Crippen LogP contribution in [-0.4, -0.2) is 36.6 Å². The van der Waals surface area contributed by atoms with Gasteiger partial charge in [0.05, 0.1) is 11.6 Å². The predicted octanol–water partition coefficient (Wildman–Crippen LogP) is 2.85. The van der Waals surface area contributed by atoms with Gasteiger partial charge in [0.2, 0.25) is 0 Å². The number of carbonyl (C=O) groups excluding carboxylic acids is 1. The van der Waals surface area contributed by atoms with Crippen LogP contribution in [0.4, 0.5) is 5.82 Å². The fourth-order valence-electron chi connectivity index (χ4n) is 1.88. The van der Waals surface area contributed by atoms with Gasteiger partial charge in [-0.3, -0.25) is 4.79 Å². The summed E-state index contributed by atoms with van der Waals surface area (Å²) in [5.41, 5.74) is 0.835. The summed E-state index contributed by atoms with van der Waals surface area (Å²) in [5.74, 6) is 1.43. The lowest BCUT2D eigenvalue weighted by atomic mass is 10.3. The second-order valence-electron chi connectivity index (χ2n) is 5.32. The molecule has 6 nitrogen and oxygen atoms in total. The van der Waals surface area contributed by atoms with E-state index in [-0.39, 0.29) is 19.1 Å². The fraction of sp³-hybridized carbons (Fsp3) is 0.312. The molecule has 0 aliphatic carbocycles. The van der Waals surface area contributed by atoms with E-state index >= 15 is 0 Å². The van der Waals surface area contributed by atoms with Gasteiger partial charge in [0.25, 0.3) is 5.91 Å². The second-order valence-corrected chi connectivity index (χ2v) is 6.16. The number of aromatic nitrogens is 2. The number of rotatable bonds is 6. The average Bonchev–Trinajstić information content (AvgIpc) is 2.51. The molecule has 1 aromatic carbocycles. The number of ether oxygens (including phenoxy) is 1. The van der Waals surface area contributed by atoms with E-state index in [4.69, 9.17) is 27.9 Å². The van der Waals surface area contributed by atoms with Gasteiger partial charge in [-0.1, -0.05) is 23.2 Å². The zero-order valence-corrected chi connectivity index (χ0v) is 15.1. The largest absolute Gasteiger partial charge is 0.482 e. The molecule has 2 rings (SSSR count). The van der Waals surface area contributed by atoms with Crippen LogP contribution in [0.5, 0.6) is 5.75 Å². The van der Waals surface area contributed by atoms with Crippen LogP contribution in [0, 0.1) is 6.92 Å². The molecule has 0 unspecified atom stereocenters. The van der Waals surface area contributed by atoms with E-state index in [1.807, 2.05) is 32.0 Å². The smallest absolute Gasteiger partial charge is 0.258 e. The summed E-state index contributed by atoms with van der Waals surface area (Å²) >= 11 is 11.8. The van der Waals surface area contributed by atoms with Crippen LogP contribution in [0.1, 0.15) is 11.5 Å². The number of hydrogen-bond acceptors (Lipinski definition) is 5. The number of anilines is 1. The van der Waals surface area contributed by atoms with Crippen molar-refractivity contribution < 1.29 is 9.53 Å². The monoisotopic (exact) mass is 368 g/mol. The first kappa shape index (κ1) is 18.3. The van der Waals surface area contributed by atoms with Crippen LogP contribution in [0.25, 0.3) is 0 Å². The number of carbonyl (C=O) groups is 1. The van der Waals surface area contributed by atoms with Gasteiger partial charge in [-0.15, -0.1) is 0 Å². The molecule has 0 spiro atoms. The quantitative estimate of drug-likeness (QED) is 0.848. The standard InChI is InChI=1S/C16H18Cl2N4O2/c1-10-6-15(22(2)3)21-14(20-10)8-19-16(23)9-24-13-5-4-11(17)7-12(13)18/h4-7H,8-9H2,1-3H3,(H,19,23). The van der Waals surface area contributed by atoms with Gasteiger partial charge in [-0.05, 0) is 25.1 Å². The van der Waals surface area contributed by atoms with Crippen molar-refractivity contribution in [1.82, 2.24) is 15.3 Å². The van der Waals surface area contributed by atoms with Crippen molar-refractivity contribution in [3.8, 4) is 5.75 Å². The average molecular weight is 369 g/mol. The van der Waals surface area contributed by atoms with E-state index < -0.39 is 0 Å². The molecule has 8 heteroatoms. The number of halogens is 2. The van der Waals surface area contributed by atoms with Crippen LogP contribution in [0.3, 0.4) is 0 Å². The lowest BCUT2D eigenvalue weighted by molar-refractivity contribution is -0.123. The Hall–Kier alpha value is -2.05. The molecule has 0 saturated carbocycles. The molecule has 2 aromatic rings. The summed E-state index contributed by atoms with van der Waals surface area (Å²) < 4.78 is 5.38. The Kier molecular flexibility index (Phi) is 6.23. The Bertz CT molecular complexity index is 738. The van der Waals surface area contributed by atoms with Gasteiger partial charge in [0, 0.05) is 30.9 Å². The molecule has 0 saturated heterocycles. The van der Waals surface area contributed by atoms with Crippen LogP contribution in [0.2, 0.25) is 10.0 Å². The molecule has 1 heterocycles. The molecule has 0 aliphatic rings. The highest BCUT2D eigenvalue weighted by Gasteiger charge is 2.09. The summed E-state index contributed by atoms with van der Waals surface area (Å²) in [5, 5.41) is 3.58. The van der Waals surface area contributed by atoms with Gasteiger partial charge >= 0.3 is 0 Å². The topological polar surface area (TPSA) is 67.4 Å². The predicted molar refractivity (Wildman–Crippen MR) is 94.9 cm³/mol. The van der Waals surface area contributed by atoms with Crippen molar-refractivity contribution in [2.75, 3.05) is 25.6 Å². The molecule has 1 N–H and O–H groups in total. The Labute approximate surface area is 150 Å². The van der Waals surface area contributed by atoms with Crippen molar-refractivity contribution in [3.63, 3.8) is 0 Å².